The van der Waals surface area contributed by atoms with Gasteiger partial charge in [0, 0.05) is 50.2 Å². The number of hydrogen-bond donors (Lipinski definition) is 0. The molecule has 1 heterocycles. The number of carbonyl (C=O) groups is 1. The molecule has 0 N–H and O–H groups in total. The zero-order valence-corrected chi connectivity index (χ0v) is 18.0. The molecule has 154 valence electrons. The highest BCUT2D eigenvalue weighted by atomic mass is 35.5. The molecule has 5 heteroatoms. The Labute approximate surface area is 178 Å². The summed E-state index contributed by atoms with van der Waals surface area (Å²) in [6.07, 6.45) is 3.86. The van der Waals surface area contributed by atoms with Gasteiger partial charge in [-0.1, -0.05) is 41.9 Å². The largest absolute Gasteiger partial charge is 0.486 e. The van der Waals surface area contributed by atoms with Crippen molar-refractivity contribution < 1.29 is 9.53 Å². The summed E-state index contributed by atoms with van der Waals surface area (Å²) in [6.45, 7) is 4.23. The normalized spacial score (nSPS) is 24.4. The number of fused-ring (bicyclic) bond motifs is 1. The van der Waals surface area contributed by atoms with E-state index in [1.165, 1.54) is 11.1 Å². The minimum atomic E-state index is -0.209. The van der Waals surface area contributed by atoms with Crippen molar-refractivity contribution in [1.29, 1.82) is 0 Å². The van der Waals surface area contributed by atoms with Gasteiger partial charge in [0.1, 0.15) is 11.4 Å². The third kappa shape index (κ3) is 4.59. The minimum absolute atomic E-state index is 0.140. The molecule has 1 amide bonds. The first-order valence-electron chi connectivity index (χ1n) is 10.4. The number of para-hydroxylation sites is 1. The predicted octanol–water partition coefficient (Wildman–Crippen LogP) is 4.89. The molecule has 2 aromatic rings. The summed E-state index contributed by atoms with van der Waals surface area (Å²) in [5.41, 5.74) is 2.24. The molecule has 1 spiro atoms. The summed E-state index contributed by atoms with van der Waals surface area (Å²) < 4.78 is 6.69. The van der Waals surface area contributed by atoms with Gasteiger partial charge >= 0.3 is 0 Å². The maximum atomic E-state index is 11.8. The Kier molecular flexibility index (Phi) is 5.84. The van der Waals surface area contributed by atoms with Crippen LogP contribution in [0.2, 0.25) is 5.02 Å². The number of nitrogens with zero attached hydrogens (tertiary/aromatic N) is 2. The van der Waals surface area contributed by atoms with Crippen LogP contribution in [0, 0.1) is 0 Å². The van der Waals surface area contributed by atoms with Gasteiger partial charge in [0.25, 0.3) is 0 Å². The summed E-state index contributed by atoms with van der Waals surface area (Å²) in [6, 6.07) is 16.8. The van der Waals surface area contributed by atoms with Crippen LogP contribution in [0.25, 0.3) is 0 Å². The van der Waals surface area contributed by atoms with E-state index in [9.17, 15) is 4.79 Å². The molecule has 2 aromatic carbocycles. The van der Waals surface area contributed by atoms with Crippen LogP contribution in [-0.4, -0.2) is 40.9 Å². The quantitative estimate of drug-likeness (QED) is 0.719. The lowest BCUT2D eigenvalue weighted by molar-refractivity contribution is -0.131. The van der Waals surface area contributed by atoms with Crippen LogP contribution < -0.4 is 4.74 Å². The Morgan fingerprint density at radius 3 is 2.69 bits per heavy atom. The second-order valence-electron chi connectivity index (χ2n) is 8.53. The first kappa shape index (κ1) is 20.2. The monoisotopic (exact) mass is 412 g/mol. The SMILES string of the molecule is CC(=O)N(C)C1CCC2(CC1)CN(Cc1cccc(Cl)c1)Cc1ccccc1O2. The van der Waals surface area contributed by atoms with Crippen molar-refractivity contribution in [2.45, 2.75) is 57.3 Å². The molecule has 1 saturated carbocycles. The number of carbonyl (C=O) groups excluding carboxylic acids is 1. The Bertz CT molecular complexity index is 877. The third-order valence-electron chi connectivity index (χ3n) is 6.41. The Balaban J connectivity index is 1.57. The smallest absolute Gasteiger partial charge is 0.219 e. The van der Waals surface area contributed by atoms with Crippen LogP contribution in [0.5, 0.6) is 5.75 Å². The predicted molar refractivity (Wildman–Crippen MR) is 116 cm³/mol. The highest BCUT2D eigenvalue weighted by molar-refractivity contribution is 6.30. The van der Waals surface area contributed by atoms with Crippen LogP contribution >= 0.6 is 11.6 Å². The molecule has 0 unspecified atom stereocenters. The van der Waals surface area contributed by atoms with E-state index >= 15 is 0 Å². The van der Waals surface area contributed by atoms with E-state index in [1.807, 2.05) is 36.2 Å². The number of hydrogen-bond acceptors (Lipinski definition) is 3. The van der Waals surface area contributed by atoms with Gasteiger partial charge < -0.3 is 9.64 Å². The summed E-state index contributed by atoms with van der Waals surface area (Å²) >= 11 is 6.21. The number of benzene rings is 2. The zero-order valence-electron chi connectivity index (χ0n) is 17.2. The highest BCUT2D eigenvalue weighted by Crippen LogP contribution is 2.39. The maximum absolute atomic E-state index is 11.8. The van der Waals surface area contributed by atoms with Crippen molar-refractivity contribution in [2.75, 3.05) is 13.6 Å². The van der Waals surface area contributed by atoms with Crippen molar-refractivity contribution in [3.63, 3.8) is 0 Å². The van der Waals surface area contributed by atoms with E-state index in [-0.39, 0.29) is 11.5 Å². The number of halogens is 1. The van der Waals surface area contributed by atoms with Crippen LogP contribution in [0.3, 0.4) is 0 Å². The van der Waals surface area contributed by atoms with E-state index in [4.69, 9.17) is 16.3 Å². The lowest BCUT2D eigenvalue weighted by Gasteiger charge is -2.43. The van der Waals surface area contributed by atoms with Crippen LogP contribution in [0.1, 0.15) is 43.7 Å². The molecule has 0 bridgehead atoms. The van der Waals surface area contributed by atoms with Crippen molar-refractivity contribution >= 4 is 17.5 Å². The van der Waals surface area contributed by atoms with Gasteiger partial charge in [-0.15, -0.1) is 0 Å². The molecular weight excluding hydrogens is 384 g/mol. The van der Waals surface area contributed by atoms with Crippen molar-refractivity contribution in [1.82, 2.24) is 9.80 Å². The summed E-state index contributed by atoms with van der Waals surface area (Å²) in [5, 5.41) is 0.775. The maximum Gasteiger partial charge on any atom is 0.219 e. The van der Waals surface area contributed by atoms with Gasteiger partial charge in [0.15, 0.2) is 0 Å². The van der Waals surface area contributed by atoms with Crippen LogP contribution in [0.15, 0.2) is 48.5 Å². The molecule has 0 radical (unpaired) electrons. The third-order valence-corrected chi connectivity index (χ3v) is 6.65. The van der Waals surface area contributed by atoms with Gasteiger partial charge in [-0.25, -0.2) is 0 Å². The van der Waals surface area contributed by atoms with E-state index in [1.54, 1.807) is 6.92 Å². The average molecular weight is 413 g/mol. The molecule has 1 aliphatic carbocycles. The summed E-state index contributed by atoms with van der Waals surface area (Å²) in [7, 11) is 1.92. The van der Waals surface area contributed by atoms with Crippen molar-refractivity contribution in [2.24, 2.45) is 0 Å². The Morgan fingerprint density at radius 1 is 1.21 bits per heavy atom. The topological polar surface area (TPSA) is 32.8 Å². The molecule has 0 saturated heterocycles. The fourth-order valence-corrected chi connectivity index (χ4v) is 4.96. The number of amides is 1. The molecule has 0 aromatic heterocycles. The Morgan fingerprint density at radius 2 is 1.97 bits per heavy atom. The van der Waals surface area contributed by atoms with Gasteiger partial charge in [0.2, 0.25) is 5.91 Å². The average Bonchev–Trinajstić information content (AvgIpc) is 2.84. The second kappa shape index (κ2) is 8.37. The first-order chi connectivity index (χ1) is 13.9. The second-order valence-corrected chi connectivity index (χ2v) is 8.97. The molecule has 4 rings (SSSR count). The van der Waals surface area contributed by atoms with E-state index < -0.39 is 0 Å². The lowest BCUT2D eigenvalue weighted by Crippen LogP contribution is -2.51. The van der Waals surface area contributed by atoms with Crippen molar-refractivity contribution in [3.05, 3.63) is 64.7 Å². The zero-order chi connectivity index (χ0) is 20.4. The fraction of sp³-hybridized carbons (Fsp3) is 0.458. The molecule has 1 fully saturated rings. The van der Waals surface area contributed by atoms with E-state index in [2.05, 4.69) is 29.2 Å². The lowest BCUT2D eigenvalue weighted by atomic mass is 9.81. The van der Waals surface area contributed by atoms with Gasteiger partial charge in [-0.2, -0.15) is 0 Å². The van der Waals surface area contributed by atoms with Crippen molar-refractivity contribution in [3.8, 4) is 5.75 Å². The number of rotatable bonds is 3. The van der Waals surface area contributed by atoms with E-state index in [0.717, 1.165) is 56.1 Å². The van der Waals surface area contributed by atoms with Gasteiger partial charge in [-0.05, 0) is 49.4 Å². The Hall–Kier alpha value is -2.04. The first-order valence-corrected chi connectivity index (χ1v) is 10.8. The van der Waals surface area contributed by atoms with Gasteiger partial charge in [0.05, 0.1) is 0 Å². The van der Waals surface area contributed by atoms with Gasteiger partial charge in [-0.3, -0.25) is 9.69 Å². The molecule has 0 atom stereocenters. The molecule has 1 aliphatic heterocycles. The molecule has 2 aliphatic rings. The van der Waals surface area contributed by atoms with Crippen LogP contribution in [0.4, 0.5) is 0 Å². The summed E-state index contributed by atoms with van der Waals surface area (Å²) in [4.78, 5) is 16.2. The number of ether oxygens (including phenoxy) is 1. The highest BCUT2D eigenvalue weighted by Gasteiger charge is 2.42. The minimum Gasteiger partial charge on any atom is -0.486 e. The van der Waals surface area contributed by atoms with Crippen LogP contribution in [-0.2, 0) is 17.9 Å². The molecule has 4 nitrogen and oxygen atoms in total. The molecule has 29 heavy (non-hydrogen) atoms. The molecular formula is C24H29ClN2O2. The summed E-state index contributed by atoms with van der Waals surface area (Å²) in [5.74, 6) is 1.14. The fourth-order valence-electron chi connectivity index (χ4n) is 4.74. The standard InChI is InChI=1S/C24H29ClN2O2/c1-18(28)26(2)22-10-12-24(13-11-22)17-27(15-19-6-5-8-21(25)14-19)16-20-7-3-4-9-23(20)29-24/h3-9,14,22H,10-13,15-17H2,1-2H3. The van der Waals surface area contributed by atoms with E-state index in [0.29, 0.717) is 6.04 Å².